The van der Waals surface area contributed by atoms with Gasteiger partial charge in [-0.25, -0.2) is 13.1 Å². The number of hydrogen-bond donors (Lipinski definition) is 1. The minimum Gasteiger partial charge on any atom is -0.347 e. The zero-order valence-corrected chi connectivity index (χ0v) is 15.5. The SMILES string of the molecule is CS(=O)(=O)c1cccc(Nc2cnn(-c3ccc(C(F)(F)F)cc3)c2)c1[N+](=O)[O-]. The number of sulfone groups is 1. The molecule has 12 heteroatoms. The highest BCUT2D eigenvalue weighted by Gasteiger charge is 2.30. The van der Waals surface area contributed by atoms with Crippen LogP contribution in [0.15, 0.2) is 59.8 Å². The molecule has 0 bridgehead atoms. The molecule has 0 spiro atoms. The molecule has 0 aliphatic carbocycles. The van der Waals surface area contributed by atoms with Crippen LogP contribution in [0.1, 0.15) is 5.56 Å². The fraction of sp³-hybridized carbons (Fsp3) is 0.118. The average molecular weight is 426 g/mol. The van der Waals surface area contributed by atoms with Gasteiger partial charge in [0, 0.05) is 6.26 Å². The number of halogens is 3. The largest absolute Gasteiger partial charge is 0.416 e. The van der Waals surface area contributed by atoms with E-state index in [1.165, 1.54) is 41.3 Å². The van der Waals surface area contributed by atoms with E-state index in [2.05, 4.69) is 10.4 Å². The highest BCUT2D eigenvalue weighted by molar-refractivity contribution is 7.90. The van der Waals surface area contributed by atoms with Gasteiger partial charge in [0.05, 0.1) is 34.3 Å². The van der Waals surface area contributed by atoms with Gasteiger partial charge in [0.25, 0.3) is 0 Å². The first-order chi connectivity index (χ1) is 13.5. The number of nitro groups is 1. The molecule has 3 aromatic rings. The zero-order valence-electron chi connectivity index (χ0n) is 14.7. The maximum atomic E-state index is 12.7. The van der Waals surface area contributed by atoms with Crippen LogP contribution in [0.3, 0.4) is 0 Å². The van der Waals surface area contributed by atoms with Crippen molar-refractivity contribution >= 4 is 26.9 Å². The van der Waals surface area contributed by atoms with Crippen LogP contribution in [0, 0.1) is 10.1 Å². The summed E-state index contributed by atoms with van der Waals surface area (Å²) in [5.74, 6) is 0. The van der Waals surface area contributed by atoms with Crippen molar-refractivity contribution < 1.29 is 26.5 Å². The summed E-state index contributed by atoms with van der Waals surface area (Å²) >= 11 is 0. The van der Waals surface area contributed by atoms with Gasteiger partial charge in [-0.2, -0.15) is 18.3 Å². The molecule has 0 amide bonds. The Morgan fingerprint density at radius 1 is 1.14 bits per heavy atom. The predicted octanol–water partition coefficient (Wildman–Crippen LogP) is 3.95. The molecule has 0 aliphatic rings. The Balaban J connectivity index is 1.92. The number of para-hydroxylation sites is 1. The van der Waals surface area contributed by atoms with Gasteiger partial charge in [-0.3, -0.25) is 10.1 Å². The van der Waals surface area contributed by atoms with Crippen LogP contribution in [-0.2, 0) is 16.0 Å². The predicted molar refractivity (Wildman–Crippen MR) is 98.1 cm³/mol. The van der Waals surface area contributed by atoms with Crippen molar-refractivity contribution in [2.45, 2.75) is 11.1 Å². The Hall–Kier alpha value is -3.41. The zero-order chi connectivity index (χ0) is 21.4. The number of benzene rings is 2. The molecular weight excluding hydrogens is 413 g/mol. The first-order valence-electron chi connectivity index (χ1n) is 7.93. The van der Waals surface area contributed by atoms with Crippen LogP contribution < -0.4 is 5.32 Å². The van der Waals surface area contributed by atoms with Crippen LogP contribution in [0.4, 0.5) is 30.2 Å². The maximum absolute atomic E-state index is 12.7. The number of hydrogen-bond acceptors (Lipinski definition) is 6. The molecule has 0 atom stereocenters. The van der Waals surface area contributed by atoms with Crippen LogP contribution >= 0.6 is 0 Å². The van der Waals surface area contributed by atoms with E-state index in [9.17, 15) is 31.7 Å². The topological polar surface area (TPSA) is 107 Å². The minimum atomic E-state index is -4.46. The molecule has 2 aromatic carbocycles. The maximum Gasteiger partial charge on any atom is 0.416 e. The number of nitrogens with one attached hydrogen (secondary N) is 1. The van der Waals surface area contributed by atoms with E-state index < -0.39 is 37.1 Å². The van der Waals surface area contributed by atoms with Gasteiger partial charge in [-0.05, 0) is 36.4 Å². The smallest absolute Gasteiger partial charge is 0.347 e. The molecule has 1 N–H and O–H groups in total. The minimum absolute atomic E-state index is 0.0649. The summed E-state index contributed by atoms with van der Waals surface area (Å²) in [5, 5.41) is 18.1. The van der Waals surface area contributed by atoms with Crippen LogP contribution in [0.5, 0.6) is 0 Å². The first kappa shape index (κ1) is 20.3. The van der Waals surface area contributed by atoms with Crippen molar-refractivity contribution in [3.05, 3.63) is 70.5 Å². The first-order valence-corrected chi connectivity index (χ1v) is 9.83. The molecule has 0 aliphatic heterocycles. The molecule has 0 saturated heterocycles. The van der Waals surface area contributed by atoms with E-state index in [-0.39, 0.29) is 11.4 Å². The Bertz CT molecular complexity index is 1170. The molecule has 8 nitrogen and oxygen atoms in total. The monoisotopic (exact) mass is 426 g/mol. The van der Waals surface area contributed by atoms with Crippen LogP contribution in [-0.4, -0.2) is 29.4 Å². The van der Waals surface area contributed by atoms with Crippen molar-refractivity contribution in [2.24, 2.45) is 0 Å². The number of anilines is 2. The van der Waals surface area contributed by atoms with Gasteiger partial charge in [-0.15, -0.1) is 0 Å². The lowest BCUT2D eigenvalue weighted by Gasteiger charge is -2.08. The third kappa shape index (κ3) is 4.37. The van der Waals surface area contributed by atoms with E-state index in [1.807, 2.05) is 0 Å². The fourth-order valence-electron chi connectivity index (χ4n) is 2.60. The quantitative estimate of drug-likeness (QED) is 0.489. The van der Waals surface area contributed by atoms with Gasteiger partial charge in [0.1, 0.15) is 10.6 Å². The number of nitro benzene ring substituents is 1. The van der Waals surface area contributed by atoms with E-state index in [0.717, 1.165) is 24.5 Å². The number of alkyl halides is 3. The highest BCUT2D eigenvalue weighted by atomic mass is 32.2. The van der Waals surface area contributed by atoms with Gasteiger partial charge >= 0.3 is 11.9 Å². The fourth-order valence-corrected chi connectivity index (χ4v) is 3.46. The molecule has 0 radical (unpaired) electrons. The Morgan fingerprint density at radius 3 is 2.34 bits per heavy atom. The van der Waals surface area contributed by atoms with E-state index >= 15 is 0 Å². The lowest BCUT2D eigenvalue weighted by Crippen LogP contribution is -2.05. The second-order valence-corrected chi connectivity index (χ2v) is 8.01. The summed E-state index contributed by atoms with van der Waals surface area (Å²) < 4.78 is 62.9. The molecule has 152 valence electrons. The molecule has 0 saturated carbocycles. The molecule has 0 unspecified atom stereocenters. The third-order valence-corrected chi connectivity index (χ3v) is 5.03. The summed E-state index contributed by atoms with van der Waals surface area (Å²) in [6.07, 6.45) is -0.894. The summed E-state index contributed by atoms with van der Waals surface area (Å²) in [6.45, 7) is 0. The van der Waals surface area contributed by atoms with Crippen molar-refractivity contribution in [2.75, 3.05) is 11.6 Å². The van der Waals surface area contributed by atoms with Crippen LogP contribution in [0.2, 0.25) is 0 Å². The second kappa shape index (κ2) is 7.20. The van der Waals surface area contributed by atoms with Gasteiger partial charge in [0.15, 0.2) is 9.84 Å². The molecular formula is C17H13F3N4O4S. The Labute approximate surface area is 162 Å². The molecule has 29 heavy (non-hydrogen) atoms. The molecule has 3 rings (SSSR count). The third-order valence-electron chi connectivity index (χ3n) is 3.90. The van der Waals surface area contributed by atoms with E-state index in [1.54, 1.807) is 0 Å². The summed E-state index contributed by atoms with van der Waals surface area (Å²) in [5.41, 5.74) is -0.869. The standard InChI is InChI=1S/C17H13F3N4O4S/c1-29(27,28)15-4-2-3-14(16(15)24(25)26)22-12-9-21-23(10-12)13-7-5-11(6-8-13)17(18,19)20/h2-10,22H,1H3. The highest BCUT2D eigenvalue weighted by Crippen LogP contribution is 2.34. The van der Waals surface area contributed by atoms with Gasteiger partial charge in [0.2, 0.25) is 0 Å². The van der Waals surface area contributed by atoms with Gasteiger partial charge < -0.3 is 5.32 Å². The van der Waals surface area contributed by atoms with Crippen LogP contribution in [0.25, 0.3) is 5.69 Å². The summed E-state index contributed by atoms with van der Waals surface area (Å²) in [4.78, 5) is 10.2. The lowest BCUT2D eigenvalue weighted by atomic mass is 10.2. The summed E-state index contributed by atoms with van der Waals surface area (Å²) in [6, 6.07) is 8.09. The van der Waals surface area contributed by atoms with E-state index in [0.29, 0.717) is 5.69 Å². The summed E-state index contributed by atoms with van der Waals surface area (Å²) in [7, 11) is -3.84. The average Bonchev–Trinajstić information content (AvgIpc) is 3.08. The van der Waals surface area contributed by atoms with Crippen molar-refractivity contribution in [3.63, 3.8) is 0 Å². The second-order valence-electron chi connectivity index (χ2n) is 6.02. The molecule has 1 aromatic heterocycles. The van der Waals surface area contributed by atoms with Crippen molar-refractivity contribution in [1.29, 1.82) is 0 Å². The normalized spacial score (nSPS) is 12.0. The number of rotatable bonds is 5. The Morgan fingerprint density at radius 2 is 1.79 bits per heavy atom. The Kier molecular flexibility index (Phi) is 5.05. The number of aromatic nitrogens is 2. The van der Waals surface area contributed by atoms with E-state index in [4.69, 9.17) is 0 Å². The van der Waals surface area contributed by atoms with Crippen molar-refractivity contribution in [3.8, 4) is 5.69 Å². The lowest BCUT2D eigenvalue weighted by molar-refractivity contribution is -0.386. The number of nitrogens with zero attached hydrogens (tertiary/aromatic N) is 3. The molecule has 0 fully saturated rings. The molecule has 1 heterocycles. The van der Waals surface area contributed by atoms with Crippen molar-refractivity contribution in [1.82, 2.24) is 9.78 Å². The van der Waals surface area contributed by atoms with Gasteiger partial charge in [-0.1, -0.05) is 6.07 Å².